The molecule has 9 nitrogen and oxygen atoms in total. The fourth-order valence-corrected chi connectivity index (χ4v) is 2.99. The number of hydrogen-bond acceptors (Lipinski definition) is 8. The van der Waals surface area contributed by atoms with Crippen molar-refractivity contribution in [3.8, 4) is 28.7 Å². The number of alkyl halides is 3. The van der Waals surface area contributed by atoms with E-state index < -0.39 is 27.3 Å². The van der Waals surface area contributed by atoms with Gasteiger partial charge in [0.2, 0.25) is 5.91 Å². The molecule has 33 heavy (non-hydrogen) atoms. The molecule has 1 N–H and O–H groups in total. The molecule has 0 heterocycles. The van der Waals surface area contributed by atoms with Crippen molar-refractivity contribution in [2.45, 2.75) is 5.51 Å². The van der Waals surface area contributed by atoms with Crippen LogP contribution in [0.15, 0.2) is 36.4 Å². The van der Waals surface area contributed by atoms with Crippen LogP contribution in [0.2, 0.25) is 0 Å². The summed E-state index contributed by atoms with van der Waals surface area (Å²) in [6, 6.07) is 6.45. The molecule has 0 fully saturated rings. The van der Waals surface area contributed by atoms with Gasteiger partial charge >= 0.3 is 15.6 Å². The number of anilines is 1. The molecular weight excluding hydrogens is 471 g/mol. The van der Waals surface area contributed by atoms with Gasteiger partial charge in [0.15, 0.2) is 11.5 Å². The van der Waals surface area contributed by atoms with Crippen LogP contribution in [-0.2, 0) is 14.9 Å². The van der Waals surface area contributed by atoms with Crippen LogP contribution in [-0.4, -0.2) is 48.3 Å². The molecule has 2 aromatic carbocycles. The van der Waals surface area contributed by atoms with E-state index in [0.717, 1.165) is 25.3 Å². The van der Waals surface area contributed by atoms with Gasteiger partial charge in [0.05, 0.1) is 34.0 Å². The lowest BCUT2D eigenvalue weighted by Gasteiger charge is -2.14. The average Bonchev–Trinajstić information content (AvgIpc) is 2.76. The first-order valence-electron chi connectivity index (χ1n) is 8.93. The Hall–Kier alpha value is -3.61. The molecule has 0 aromatic heterocycles. The molecule has 0 bridgehead atoms. The first-order chi connectivity index (χ1) is 15.4. The normalized spacial score (nSPS) is 11.7. The highest BCUT2D eigenvalue weighted by molar-refractivity contribution is 7.88. The molecule has 0 aliphatic rings. The monoisotopic (exact) mass is 491 g/mol. The number of hydrogen-bond donors (Lipinski definition) is 1. The highest BCUT2D eigenvalue weighted by atomic mass is 32.2. The Labute approximate surface area is 187 Å². The third kappa shape index (κ3) is 6.22. The Balaban J connectivity index is 2.29. The number of ether oxygens (including phenoxy) is 4. The Morgan fingerprint density at radius 2 is 1.45 bits per heavy atom. The summed E-state index contributed by atoms with van der Waals surface area (Å²) in [7, 11) is -0.536. The van der Waals surface area contributed by atoms with Crippen LogP contribution in [0.1, 0.15) is 5.56 Å². The number of methoxy groups -OCH3 is 4. The molecule has 180 valence electrons. The van der Waals surface area contributed by atoms with Gasteiger partial charge in [-0.15, -0.1) is 0 Å². The van der Waals surface area contributed by atoms with E-state index in [-0.39, 0.29) is 11.4 Å². The van der Waals surface area contributed by atoms with Gasteiger partial charge in [-0.25, -0.2) is 0 Å². The predicted molar refractivity (Wildman–Crippen MR) is 112 cm³/mol. The maximum absolute atomic E-state index is 12.6. The summed E-state index contributed by atoms with van der Waals surface area (Å²) in [5, 5.41) is 2.38. The second kappa shape index (κ2) is 10.3. The predicted octanol–water partition coefficient (Wildman–Crippen LogP) is 3.60. The maximum atomic E-state index is 12.6. The van der Waals surface area contributed by atoms with Crippen molar-refractivity contribution >= 4 is 27.8 Å². The first-order valence-corrected chi connectivity index (χ1v) is 10.3. The van der Waals surface area contributed by atoms with E-state index in [1.165, 1.54) is 33.5 Å². The number of nitrogens with one attached hydrogen (secondary N) is 1. The van der Waals surface area contributed by atoms with Crippen LogP contribution >= 0.6 is 0 Å². The van der Waals surface area contributed by atoms with Crippen LogP contribution in [0.3, 0.4) is 0 Å². The van der Waals surface area contributed by atoms with Crippen LogP contribution in [0.25, 0.3) is 6.08 Å². The molecule has 2 aromatic rings. The average molecular weight is 491 g/mol. The second-order valence-electron chi connectivity index (χ2n) is 6.12. The number of halogens is 3. The van der Waals surface area contributed by atoms with Gasteiger partial charge in [0.25, 0.3) is 0 Å². The van der Waals surface area contributed by atoms with Gasteiger partial charge in [-0.2, -0.15) is 21.6 Å². The van der Waals surface area contributed by atoms with E-state index >= 15 is 0 Å². The summed E-state index contributed by atoms with van der Waals surface area (Å²) in [6.45, 7) is 0. The molecular formula is C20H20F3NO8S. The number of benzene rings is 2. The molecule has 2 rings (SSSR count). The summed E-state index contributed by atoms with van der Waals surface area (Å²) >= 11 is 0. The zero-order valence-corrected chi connectivity index (χ0v) is 18.7. The van der Waals surface area contributed by atoms with E-state index in [4.69, 9.17) is 18.9 Å². The van der Waals surface area contributed by atoms with E-state index in [2.05, 4.69) is 9.50 Å². The topological polar surface area (TPSA) is 109 Å². The molecule has 0 unspecified atom stereocenters. The summed E-state index contributed by atoms with van der Waals surface area (Å²) in [5.41, 5.74) is -5.27. The van der Waals surface area contributed by atoms with Gasteiger partial charge in [-0.05, 0) is 18.2 Å². The largest absolute Gasteiger partial charge is 0.534 e. The van der Waals surface area contributed by atoms with Crippen molar-refractivity contribution in [1.82, 2.24) is 0 Å². The standard InChI is InChI=1S/C20H20F3NO8S/c1-28-13-10-16(30-3)14(17(11-13)31-4)6-8-19(25)24-12-5-7-15(29-2)18(9-12)32-33(26,27)20(21,22)23/h5-11H,1-4H3,(H,24,25)/b8-6+. The van der Waals surface area contributed by atoms with Crippen molar-refractivity contribution in [2.75, 3.05) is 33.8 Å². The molecule has 0 saturated heterocycles. The van der Waals surface area contributed by atoms with E-state index in [1.807, 2.05) is 0 Å². The molecule has 1 amide bonds. The molecule has 13 heteroatoms. The van der Waals surface area contributed by atoms with Crippen LogP contribution < -0.4 is 28.4 Å². The van der Waals surface area contributed by atoms with Crippen LogP contribution in [0, 0.1) is 0 Å². The summed E-state index contributed by atoms with van der Waals surface area (Å²) in [4.78, 5) is 12.3. The molecule has 0 spiro atoms. The van der Waals surface area contributed by atoms with Gasteiger partial charge < -0.3 is 28.4 Å². The number of carbonyl (C=O) groups excluding carboxylic acids is 1. The quantitative estimate of drug-likeness (QED) is 0.322. The third-order valence-corrected chi connectivity index (χ3v) is 5.03. The smallest absolute Gasteiger partial charge is 0.496 e. The van der Waals surface area contributed by atoms with Gasteiger partial charge in [0.1, 0.15) is 17.2 Å². The number of carbonyl (C=O) groups is 1. The van der Waals surface area contributed by atoms with E-state index in [9.17, 15) is 26.4 Å². The molecule has 0 saturated carbocycles. The minimum atomic E-state index is -5.94. The zero-order chi connectivity index (χ0) is 24.8. The van der Waals surface area contributed by atoms with Crippen LogP contribution in [0.4, 0.5) is 18.9 Å². The lowest BCUT2D eigenvalue weighted by atomic mass is 10.1. The number of amides is 1. The number of rotatable bonds is 9. The molecule has 0 atom stereocenters. The minimum Gasteiger partial charge on any atom is -0.496 e. The highest BCUT2D eigenvalue weighted by Gasteiger charge is 2.49. The maximum Gasteiger partial charge on any atom is 0.534 e. The van der Waals surface area contributed by atoms with Crippen LogP contribution in [0.5, 0.6) is 28.7 Å². The van der Waals surface area contributed by atoms with Gasteiger partial charge in [-0.3, -0.25) is 4.79 Å². The Kier molecular flexibility index (Phi) is 8.03. The first kappa shape index (κ1) is 25.6. The Morgan fingerprint density at radius 3 is 1.94 bits per heavy atom. The van der Waals surface area contributed by atoms with Crippen molar-refractivity contribution in [1.29, 1.82) is 0 Å². The van der Waals surface area contributed by atoms with E-state index in [0.29, 0.717) is 22.8 Å². The third-order valence-electron chi connectivity index (χ3n) is 4.07. The van der Waals surface area contributed by atoms with Crippen molar-refractivity contribution in [3.05, 3.63) is 42.0 Å². The summed E-state index contributed by atoms with van der Waals surface area (Å²) < 4.78 is 85.2. The van der Waals surface area contributed by atoms with Gasteiger partial charge in [0, 0.05) is 30.0 Å². The lowest BCUT2D eigenvalue weighted by Crippen LogP contribution is -2.28. The summed E-state index contributed by atoms with van der Waals surface area (Å²) in [5.74, 6) is -0.561. The fraction of sp³-hybridized carbons (Fsp3) is 0.250. The van der Waals surface area contributed by atoms with Crippen molar-refractivity contribution in [2.24, 2.45) is 0 Å². The second-order valence-corrected chi connectivity index (χ2v) is 7.65. The van der Waals surface area contributed by atoms with Crippen molar-refractivity contribution < 1.29 is 49.5 Å². The molecule has 0 aliphatic heterocycles. The highest BCUT2D eigenvalue weighted by Crippen LogP contribution is 2.36. The molecule has 0 radical (unpaired) electrons. The Morgan fingerprint density at radius 1 is 0.879 bits per heavy atom. The lowest BCUT2D eigenvalue weighted by molar-refractivity contribution is -0.111. The van der Waals surface area contributed by atoms with E-state index in [1.54, 1.807) is 12.1 Å². The SMILES string of the molecule is COc1cc(OC)c(/C=C/C(=O)Nc2ccc(OC)c(OS(=O)(=O)C(F)(F)F)c2)c(OC)c1. The molecule has 0 aliphatic carbocycles. The zero-order valence-electron chi connectivity index (χ0n) is 17.8. The fourth-order valence-electron chi connectivity index (χ4n) is 2.52. The summed E-state index contributed by atoms with van der Waals surface area (Å²) in [6.07, 6.45) is 2.51. The Bertz CT molecular complexity index is 1120. The van der Waals surface area contributed by atoms with Gasteiger partial charge in [-0.1, -0.05) is 0 Å². The van der Waals surface area contributed by atoms with Crippen molar-refractivity contribution in [3.63, 3.8) is 0 Å². The minimum absolute atomic E-state index is 0.0496.